The van der Waals surface area contributed by atoms with Crippen molar-refractivity contribution in [3.63, 3.8) is 0 Å². The number of amides is 2. The number of nitrogens with one attached hydrogen (secondary N) is 1. The van der Waals surface area contributed by atoms with E-state index in [1.807, 2.05) is 55.6 Å². The average molecular weight is 400 g/mol. The molecule has 3 rings (SSSR count). The van der Waals surface area contributed by atoms with Crippen LogP contribution in [-0.4, -0.2) is 34.8 Å². The highest BCUT2D eigenvalue weighted by Gasteiger charge is 2.21. The van der Waals surface area contributed by atoms with Crippen LogP contribution in [0.3, 0.4) is 0 Å². The summed E-state index contributed by atoms with van der Waals surface area (Å²) in [5.74, 6) is -0.421. The number of anilines is 1. The molecule has 1 aromatic carbocycles. The molecule has 0 aliphatic heterocycles. The lowest BCUT2D eigenvalue weighted by atomic mass is 10.2. The Bertz CT molecular complexity index is 919. The van der Waals surface area contributed by atoms with Gasteiger partial charge in [-0.2, -0.15) is 0 Å². The molecule has 0 atom stereocenters. The summed E-state index contributed by atoms with van der Waals surface area (Å²) in [6, 6.07) is 11.5. The van der Waals surface area contributed by atoms with Gasteiger partial charge in [-0.05, 0) is 36.4 Å². The number of benzene rings is 1. The van der Waals surface area contributed by atoms with Crippen molar-refractivity contribution in [1.29, 1.82) is 0 Å². The fourth-order valence-corrected chi connectivity index (χ4v) is 4.25. The molecule has 0 saturated carbocycles. The van der Waals surface area contributed by atoms with Crippen LogP contribution < -0.4 is 5.32 Å². The van der Waals surface area contributed by atoms with Crippen LogP contribution in [0.25, 0.3) is 9.88 Å². The second-order valence-electron chi connectivity index (χ2n) is 6.11. The van der Waals surface area contributed by atoms with Crippen molar-refractivity contribution in [3.8, 4) is 9.88 Å². The molecule has 0 fully saturated rings. The molecule has 2 amide bonds. The summed E-state index contributed by atoms with van der Waals surface area (Å²) in [5, 5.41) is 7.46. The Morgan fingerprint density at radius 2 is 1.96 bits per heavy atom. The number of carbonyl (C=O) groups excluding carboxylic acids is 2. The van der Waals surface area contributed by atoms with Gasteiger partial charge in [-0.3, -0.25) is 9.59 Å². The van der Waals surface area contributed by atoms with Crippen molar-refractivity contribution in [1.82, 2.24) is 9.88 Å². The molecule has 3 aromatic rings. The monoisotopic (exact) mass is 399 g/mol. The first-order valence-electron chi connectivity index (χ1n) is 8.72. The van der Waals surface area contributed by atoms with Gasteiger partial charge in [0.25, 0.3) is 5.91 Å². The van der Waals surface area contributed by atoms with Crippen LogP contribution in [0.15, 0.2) is 47.2 Å². The number of para-hydroxylation sites is 1. The van der Waals surface area contributed by atoms with Gasteiger partial charge in [0.1, 0.15) is 17.2 Å². The quantitative estimate of drug-likeness (QED) is 0.628. The predicted molar refractivity (Wildman–Crippen MR) is 111 cm³/mol. The van der Waals surface area contributed by atoms with E-state index in [0.717, 1.165) is 27.6 Å². The fraction of sp³-hybridized carbons (Fsp3) is 0.250. The number of rotatable bonds is 7. The zero-order valence-corrected chi connectivity index (χ0v) is 16.9. The van der Waals surface area contributed by atoms with Crippen molar-refractivity contribution in [2.45, 2.75) is 20.3 Å². The molecule has 0 radical (unpaired) electrons. The summed E-state index contributed by atoms with van der Waals surface area (Å²) < 4.78 is 0. The van der Waals surface area contributed by atoms with Gasteiger partial charge in [0, 0.05) is 17.6 Å². The van der Waals surface area contributed by atoms with Crippen LogP contribution in [0.5, 0.6) is 0 Å². The Morgan fingerprint density at radius 1 is 1.15 bits per heavy atom. The van der Waals surface area contributed by atoms with Crippen LogP contribution in [-0.2, 0) is 4.79 Å². The fourth-order valence-electron chi connectivity index (χ4n) is 2.65. The highest BCUT2D eigenvalue weighted by atomic mass is 32.1. The standard InChI is InChI=1S/C20H21N3O2S2/c1-3-10-23(12-18(24)21-15-8-5-4-7-14(15)2)20(25)16-13-27-19(22-16)17-9-6-11-26-17/h4-9,11,13H,3,10,12H2,1-2H3,(H,21,24). The van der Waals surface area contributed by atoms with Gasteiger partial charge >= 0.3 is 0 Å². The number of carbonyl (C=O) groups is 2. The van der Waals surface area contributed by atoms with Gasteiger partial charge in [0.15, 0.2) is 0 Å². The Kier molecular flexibility index (Phi) is 6.36. The molecule has 0 aliphatic rings. The van der Waals surface area contributed by atoms with E-state index in [1.165, 1.54) is 11.3 Å². The molecule has 1 N–H and O–H groups in total. The molecule has 0 spiro atoms. The van der Waals surface area contributed by atoms with E-state index in [2.05, 4.69) is 10.3 Å². The smallest absolute Gasteiger partial charge is 0.273 e. The van der Waals surface area contributed by atoms with Crippen molar-refractivity contribution in [2.24, 2.45) is 0 Å². The minimum atomic E-state index is -0.212. The molecule has 2 heterocycles. The molecule has 27 heavy (non-hydrogen) atoms. The minimum absolute atomic E-state index is 0.00682. The maximum atomic E-state index is 12.9. The molecule has 0 unspecified atom stereocenters. The second-order valence-corrected chi connectivity index (χ2v) is 7.91. The maximum absolute atomic E-state index is 12.9. The summed E-state index contributed by atoms with van der Waals surface area (Å²) in [7, 11) is 0. The van der Waals surface area contributed by atoms with Crippen LogP contribution in [0, 0.1) is 6.92 Å². The van der Waals surface area contributed by atoms with E-state index >= 15 is 0 Å². The van der Waals surface area contributed by atoms with Gasteiger partial charge in [0.05, 0.1) is 4.88 Å². The molecule has 2 aromatic heterocycles. The molecule has 7 heteroatoms. The van der Waals surface area contributed by atoms with E-state index in [0.29, 0.717) is 12.2 Å². The molecule has 140 valence electrons. The minimum Gasteiger partial charge on any atom is -0.328 e. The van der Waals surface area contributed by atoms with Crippen molar-refractivity contribution >= 4 is 40.2 Å². The molecule has 0 saturated heterocycles. The largest absolute Gasteiger partial charge is 0.328 e. The van der Waals surface area contributed by atoms with E-state index in [9.17, 15) is 9.59 Å². The summed E-state index contributed by atoms with van der Waals surface area (Å²) >= 11 is 3.04. The van der Waals surface area contributed by atoms with E-state index in [4.69, 9.17) is 0 Å². The first-order chi connectivity index (χ1) is 13.1. The number of thiazole rings is 1. The van der Waals surface area contributed by atoms with E-state index in [1.54, 1.807) is 21.6 Å². The molecule has 0 aliphatic carbocycles. The third-order valence-electron chi connectivity index (χ3n) is 3.99. The van der Waals surface area contributed by atoms with Gasteiger partial charge in [0.2, 0.25) is 5.91 Å². The lowest BCUT2D eigenvalue weighted by Crippen LogP contribution is -2.38. The van der Waals surface area contributed by atoms with Crippen LogP contribution in [0.4, 0.5) is 5.69 Å². The number of nitrogens with zero attached hydrogens (tertiary/aromatic N) is 2. The zero-order chi connectivity index (χ0) is 19.2. The molecule has 0 bridgehead atoms. The number of hydrogen-bond acceptors (Lipinski definition) is 5. The van der Waals surface area contributed by atoms with Crippen LogP contribution >= 0.6 is 22.7 Å². The summed E-state index contributed by atoms with van der Waals surface area (Å²) in [6.07, 6.45) is 0.769. The Morgan fingerprint density at radius 3 is 2.67 bits per heavy atom. The highest BCUT2D eigenvalue weighted by Crippen LogP contribution is 2.28. The number of thiophene rings is 1. The number of aryl methyl sites for hydroxylation is 1. The normalized spacial score (nSPS) is 10.6. The maximum Gasteiger partial charge on any atom is 0.273 e. The summed E-state index contributed by atoms with van der Waals surface area (Å²) in [4.78, 5) is 32.4. The van der Waals surface area contributed by atoms with Crippen LogP contribution in [0.1, 0.15) is 29.4 Å². The van der Waals surface area contributed by atoms with Crippen molar-refractivity contribution in [2.75, 3.05) is 18.4 Å². The van der Waals surface area contributed by atoms with Gasteiger partial charge in [-0.15, -0.1) is 22.7 Å². The van der Waals surface area contributed by atoms with E-state index < -0.39 is 0 Å². The third-order valence-corrected chi connectivity index (χ3v) is 5.87. The van der Waals surface area contributed by atoms with E-state index in [-0.39, 0.29) is 18.4 Å². The second kappa shape index (κ2) is 8.92. The number of aromatic nitrogens is 1. The van der Waals surface area contributed by atoms with Gasteiger partial charge in [-0.1, -0.05) is 31.2 Å². The Balaban J connectivity index is 1.70. The van der Waals surface area contributed by atoms with Gasteiger partial charge < -0.3 is 10.2 Å². The highest BCUT2D eigenvalue weighted by molar-refractivity contribution is 7.20. The predicted octanol–water partition coefficient (Wildman–Crippen LogP) is 4.67. The third kappa shape index (κ3) is 4.81. The number of hydrogen-bond donors (Lipinski definition) is 1. The first-order valence-corrected chi connectivity index (χ1v) is 10.5. The Labute approximate surface area is 166 Å². The average Bonchev–Trinajstić information content (AvgIpc) is 3.34. The Hall–Kier alpha value is -2.51. The lowest BCUT2D eigenvalue weighted by Gasteiger charge is -2.21. The topological polar surface area (TPSA) is 62.3 Å². The molecule has 5 nitrogen and oxygen atoms in total. The summed E-state index contributed by atoms with van der Waals surface area (Å²) in [5.41, 5.74) is 2.14. The van der Waals surface area contributed by atoms with Crippen molar-refractivity contribution in [3.05, 3.63) is 58.4 Å². The lowest BCUT2D eigenvalue weighted by molar-refractivity contribution is -0.116. The zero-order valence-electron chi connectivity index (χ0n) is 15.3. The first kappa shape index (κ1) is 19.3. The van der Waals surface area contributed by atoms with Gasteiger partial charge in [-0.25, -0.2) is 4.98 Å². The summed E-state index contributed by atoms with van der Waals surface area (Å²) in [6.45, 7) is 4.43. The SMILES string of the molecule is CCCN(CC(=O)Nc1ccccc1C)C(=O)c1csc(-c2cccs2)n1. The molecular formula is C20H21N3O2S2. The van der Waals surface area contributed by atoms with Crippen molar-refractivity contribution < 1.29 is 9.59 Å². The van der Waals surface area contributed by atoms with Crippen LogP contribution in [0.2, 0.25) is 0 Å². The molecular weight excluding hydrogens is 378 g/mol.